The largest absolute Gasteiger partial charge is 0.467 e. The molecule has 34 heavy (non-hydrogen) atoms. The summed E-state index contributed by atoms with van der Waals surface area (Å²) in [5.74, 6) is 1.08. The van der Waals surface area contributed by atoms with Gasteiger partial charge in [0.15, 0.2) is 5.17 Å². The number of rotatable bonds is 7. The fourth-order valence-corrected chi connectivity index (χ4v) is 4.73. The number of nitrogens with zero attached hydrogens (tertiary/aromatic N) is 3. The van der Waals surface area contributed by atoms with Gasteiger partial charge in [0.25, 0.3) is 5.91 Å². The van der Waals surface area contributed by atoms with E-state index < -0.39 is 6.04 Å². The van der Waals surface area contributed by atoms with Gasteiger partial charge in [0, 0.05) is 17.7 Å². The zero-order valence-corrected chi connectivity index (χ0v) is 18.9. The summed E-state index contributed by atoms with van der Waals surface area (Å²) in [7, 11) is 0. The highest BCUT2D eigenvalue weighted by molar-refractivity contribution is 8.13. The van der Waals surface area contributed by atoms with Crippen LogP contribution in [0.1, 0.15) is 29.7 Å². The first-order valence-corrected chi connectivity index (χ1v) is 11.8. The van der Waals surface area contributed by atoms with Crippen LogP contribution in [0.2, 0.25) is 0 Å². The fourth-order valence-electron chi connectivity index (χ4n) is 3.77. The van der Waals surface area contributed by atoms with Crippen LogP contribution in [0, 0.1) is 5.82 Å². The van der Waals surface area contributed by atoms with Gasteiger partial charge < -0.3 is 9.73 Å². The van der Waals surface area contributed by atoms with Crippen molar-refractivity contribution in [3.8, 4) is 0 Å². The summed E-state index contributed by atoms with van der Waals surface area (Å²) >= 11 is 1.40. The Morgan fingerprint density at radius 2 is 1.94 bits per heavy atom. The first-order chi connectivity index (χ1) is 16.6. The third kappa shape index (κ3) is 4.65. The Morgan fingerprint density at radius 3 is 2.74 bits per heavy atom. The molecule has 0 fully saturated rings. The molecule has 3 heterocycles. The summed E-state index contributed by atoms with van der Waals surface area (Å²) in [6.07, 6.45) is 2.01. The minimum absolute atomic E-state index is 0.165. The van der Waals surface area contributed by atoms with E-state index in [1.165, 1.54) is 23.9 Å². The molecule has 2 amide bonds. The molecular weight excluding hydrogens is 455 g/mol. The van der Waals surface area contributed by atoms with Gasteiger partial charge in [-0.1, -0.05) is 36.0 Å². The second kappa shape index (κ2) is 9.64. The molecule has 2 aliphatic heterocycles. The highest BCUT2D eigenvalue weighted by Gasteiger charge is 2.41. The van der Waals surface area contributed by atoms with Gasteiger partial charge in [-0.3, -0.25) is 14.6 Å². The molecule has 7 nitrogen and oxygen atoms in total. The zero-order chi connectivity index (χ0) is 23.5. The molecule has 2 aliphatic rings. The molecular formula is C25H21FN4O3S. The van der Waals surface area contributed by atoms with Crippen molar-refractivity contribution in [2.45, 2.75) is 31.2 Å². The maximum absolute atomic E-state index is 13.3. The van der Waals surface area contributed by atoms with Gasteiger partial charge in [-0.05, 0) is 48.4 Å². The number of amidine groups is 2. The lowest BCUT2D eigenvalue weighted by Gasteiger charge is -2.25. The lowest BCUT2D eigenvalue weighted by molar-refractivity contribution is -0.125. The average Bonchev–Trinajstić information content (AvgIpc) is 3.49. The highest BCUT2D eigenvalue weighted by atomic mass is 32.2. The number of fused-ring (bicyclic) bond motifs is 3. The summed E-state index contributed by atoms with van der Waals surface area (Å²) in [4.78, 5) is 36.5. The quantitative estimate of drug-likeness (QED) is 0.547. The van der Waals surface area contributed by atoms with Crippen LogP contribution in [0.5, 0.6) is 0 Å². The molecule has 3 aromatic rings. The Bertz CT molecular complexity index is 1270. The van der Waals surface area contributed by atoms with Crippen LogP contribution in [-0.2, 0) is 21.9 Å². The number of nitrogens with one attached hydrogen (secondary N) is 1. The summed E-state index contributed by atoms with van der Waals surface area (Å²) in [6.45, 7) is 0.301. The Kier molecular flexibility index (Phi) is 6.27. The number of furan rings is 1. The number of aliphatic imine (C=N–C) groups is 2. The van der Waals surface area contributed by atoms with Crippen molar-refractivity contribution in [1.29, 1.82) is 0 Å². The molecule has 0 radical (unpaired) electrons. The van der Waals surface area contributed by atoms with E-state index in [0.717, 1.165) is 16.8 Å². The normalized spacial score (nSPS) is 16.6. The van der Waals surface area contributed by atoms with Gasteiger partial charge in [0.2, 0.25) is 5.91 Å². The van der Waals surface area contributed by atoms with Crippen molar-refractivity contribution in [3.05, 3.63) is 89.6 Å². The van der Waals surface area contributed by atoms with Crippen LogP contribution in [0.25, 0.3) is 0 Å². The van der Waals surface area contributed by atoms with Gasteiger partial charge in [-0.15, -0.1) is 0 Å². The summed E-state index contributed by atoms with van der Waals surface area (Å²) in [5, 5.41) is 3.32. The number of thioether (sulfide) groups is 1. The molecule has 1 aromatic heterocycles. The van der Waals surface area contributed by atoms with E-state index in [9.17, 15) is 14.0 Å². The number of hydrogen-bond donors (Lipinski definition) is 1. The lowest BCUT2D eigenvalue weighted by Crippen LogP contribution is -2.41. The molecule has 5 rings (SSSR count). The minimum atomic E-state index is -0.660. The molecule has 0 bridgehead atoms. The fraction of sp³-hybridized carbons (Fsp3) is 0.200. The van der Waals surface area contributed by atoms with E-state index in [0.29, 0.717) is 35.5 Å². The first kappa shape index (κ1) is 22.1. The topological polar surface area (TPSA) is 87.3 Å². The van der Waals surface area contributed by atoms with E-state index in [2.05, 4.69) is 10.3 Å². The molecule has 2 aromatic carbocycles. The van der Waals surface area contributed by atoms with E-state index in [1.54, 1.807) is 35.4 Å². The lowest BCUT2D eigenvalue weighted by atomic mass is 10.1. The van der Waals surface area contributed by atoms with E-state index in [4.69, 9.17) is 9.41 Å². The second-order valence-electron chi connectivity index (χ2n) is 7.86. The average molecular weight is 477 g/mol. The SMILES string of the molecule is O=C(CC[C@H]1N=C2c3ccccc3N=C(SCc3ccc(F)cc3)N2C1=O)NCc1ccco1. The van der Waals surface area contributed by atoms with Crippen LogP contribution in [-0.4, -0.2) is 33.8 Å². The minimum Gasteiger partial charge on any atom is -0.467 e. The van der Waals surface area contributed by atoms with Crippen LogP contribution < -0.4 is 5.32 Å². The van der Waals surface area contributed by atoms with Crippen molar-refractivity contribution in [2.24, 2.45) is 9.98 Å². The van der Waals surface area contributed by atoms with Crippen LogP contribution in [0.4, 0.5) is 10.1 Å². The molecule has 172 valence electrons. The molecule has 0 unspecified atom stereocenters. The zero-order valence-electron chi connectivity index (χ0n) is 18.1. The highest BCUT2D eigenvalue weighted by Crippen LogP contribution is 2.35. The van der Waals surface area contributed by atoms with Crippen molar-refractivity contribution in [3.63, 3.8) is 0 Å². The number of para-hydroxylation sites is 1. The third-order valence-corrected chi connectivity index (χ3v) is 6.52. The molecule has 0 aliphatic carbocycles. The van der Waals surface area contributed by atoms with Gasteiger partial charge in [-0.2, -0.15) is 0 Å². The molecule has 0 saturated heterocycles. The molecule has 1 N–H and O–H groups in total. The van der Waals surface area contributed by atoms with Gasteiger partial charge in [-0.25, -0.2) is 14.3 Å². The Hall–Kier alpha value is -3.72. The number of hydrogen-bond acceptors (Lipinski definition) is 6. The van der Waals surface area contributed by atoms with Gasteiger partial charge in [0.05, 0.1) is 18.5 Å². The van der Waals surface area contributed by atoms with Gasteiger partial charge >= 0.3 is 0 Å². The standard InChI is InChI=1S/C25H21FN4O3S/c26-17-9-7-16(8-10-17)15-34-25-29-20-6-2-1-5-19(20)23-28-21(24(32)30(23)25)11-12-22(31)27-14-18-4-3-13-33-18/h1-10,13,21H,11-12,14-15H2,(H,27,31)/t21-/m1/s1. The molecule has 0 spiro atoms. The second-order valence-corrected chi connectivity index (χ2v) is 8.81. The number of amides is 2. The number of benzene rings is 2. The van der Waals surface area contributed by atoms with Crippen LogP contribution in [0.15, 0.2) is 81.3 Å². The van der Waals surface area contributed by atoms with Gasteiger partial charge in [0.1, 0.15) is 23.5 Å². The molecule has 1 atom stereocenters. The monoisotopic (exact) mass is 476 g/mol. The third-order valence-electron chi connectivity index (χ3n) is 5.51. The predicted molar refractivity (Wildman–Crippen MR) is 128 cm³/mol. The van der Waals surface area contributed by atoms with Crippen molar-refractivity contribution in [2.75, 3.05) is 0 Å². The van der Waals surface area contributed by atoms with Crippen molar-refractivity contribution >= 4 is 40.3 Å². The summed E-state index contributed by atoms with van der Waals surface area (Å²) in [5.41, 5.74) is 2.44. The van der Waals surface area contributed by atoms with Crippen LogP contribution in [0.3, 0.4) is 0 Å². The molecule has 0 saturated carbocycles. The maximum Gasteiger partial charge on any atom is 0.259 e. The van der Waals surface area contributed by atoms with Crippen molar-refractivity contribution in [1.82, 2.24) is 10.2 Å². The predicted octanol–water partition coefficient (Wildman–Crippen LogP) is 4.41. The number of carbonyl (C=O) groups excluding carboxylic acids is 2. The van der Waals surface area contributed by atoms with E-state index in [1.807, 2.05) is 24.3 Å². The Balaban J connectivity index is 1.29. The van der Waals surface area contributed by atoms with Crippen molar-refractivity contribution < 1.29 is 18.4 Å². The molecule has 9 heteroatoms. The first-order valence-electron chi connectivity index (χ1n) is 10.8. The summed E-state index contributed by atoms with van der Waals surface area (Å²) < 4.78 is 18.5. The summed E-state index contributed by atoms with van der Waals surface area (Å²) in [6, 6.07) is 16.7. The van der Waals surface area contributed by atoms with E-state index >= 15 is 0 Å². The maximum atomic E-state index is 13.3. The number of carbonyl (C=O) groups is 2. The smallest absolute Gasteiger partial charge is 0.259 e. The number of halogens is 1. The van der Waals surface area contributed by atoms with Crippen LogP contribution >= 0.6 is 11.8 Å². The van der Waals surface area contributed by atoms with E-state index in [-0.39, 0.29) is 24.1 Å². The Labute approximate surface area is 199 Å². The Morgan fingerprint density at radius 1 is 1.12 bits per heavy atom.